The molecule has 134 valence electrons. The van der Waals surface area contributed by atoms with Gasteiger partial charge in [0.25, 0.3) is 5.91 Å². The normalized spacial score (nSPS) is 10.8. The van der Waals surface area contributed by atoms with E-state index in [-0.39, 0.29) is 18.4 Å². The lowest BCUT2D eigenvalue weighted by Crippen LogP contribution is -2.39. The average Bonchev–Trinajstić information content (AvgIpc) is 3.06. The van der Waals surface area contributed by atoms with Crippen LogP contribution >= 0.6 is 34.5 Å². The standard InChI is InChI=1S/C17H19Cl2N3O2S/c1-11(2)5-7-22(10-15(23)21-17-20-6-8-25-17)16(24)12-3-4-13(18)14(19)9-12/h3-4,6,8-9,11H,5,7,10H2,1-2H3,(H,20,21,23). The van der Waals surface area contributed by atoms with Gasteiger partial charge in [-0.25, -0.2) is 4.98 Å². The van der Waals surface area contributed by atoms with Crippen molar-refractivity contribution in [2.45, 2.75) is 20.3 Å². The third-order valence-electron chi connectivity index (χ3n) is 3.44. The van der Waals surface area contributed by atoms with E-state index in [0.717, 1.165) is 6.42 Å². The average molecular weight is 400 g/mol. The molecular weight excluding hydrogens is 381 g/mol. The van der Waals surface area contributed by atoms with Crippen LogP contribution in [0.1, 0.15) is 30.6 Å². The molecule has 0 aliphatic carbocycles. The molecule has 1 aromatic heterocycles. The number of anilines is 1. The maximum absolute atomic E-state index is 12.8. The van der Waals surface area contributed by atoms with Gasteiger partial charge in [0.2, 0.25) is 5.91 Å². The molecule has 0 spiro atoms. The van der Waals surface area contributed by atoms with Crippen molar-refractivity contribution in [1.29, 1.82) is 0 Å². The van der Waals surface area contributed by atoms with Crippen molar-refractivity contribution in [3.8, 4) is 0 Å². The molecule has 0 aliphatic heterocycles. The first kappa shape index (κ1) is 19.7. The monoisotopic (exact) mass is 399 g/mol. The molecule has 25 heavy (non-hydrogen) atoms. The zero-order chi connectivity index (χ0) is 18.4. The summed E-state index contributed by atoms with van der Waals surface area (Å²) in [6, 6.07) is 4.71. The topological polar surface area (TPSA) is 62.3 Å². The molecule has 0 aliphatic rings. The van der Waals surface area contributed by atoms with E-state index in [0.29, 0.717) is 33.2 Å². The fourth-order valence-corrected chi connectivity index (χ4v) is 2.94. The highest BCUT2D eigenvalue weighted by atomic mass is 35.5. The summed E-state index contributed by atoms with van der Waals surface area (Å²) >= 11 is 13.2. The second-order valence-corrected chi connectivity index (χ2v) is 7.63. The highest BCUT2D eigenvalue weighted by molar-refractivity contribution is 7.13. The number of carbonyl (C=O) groups is 2. The molecule has 0 radical (unpaired) electrons. The highest BCUT2D eigenvalue weighted by Gasteiger charge is 2.20. The summed E-state index contributed by atoms with van der Waals surface area (Å²) in [6.07, 6.45) is 2.40. The number of hydrogen-bond donors (Lipinski definition) is 1. The largest absolute Gasteiger partial charge is 0.329 e. The van der Waals surface area contributed by atoms with Gasteiger partial charge in [0, 0.05) is 23.7 Å². The summed E-state index contributed by atoms with van der Waals surface area (Å²) in [6.45, 7) is 4.56. The number of amides is 2. The van der Waals surface area contributed by atoms with E-state index in [1.54, 1.807) is 23.7 Å². The van der Waals surface area contributed by atoms with Crippen LogP contribution in [0.5, 0.6) is 0 Å². The Labute approximate surface area is 161 Å². The van der Waals surface area contributed by atoms with Crippen molar-refractivity contribution < 1.29 is 9.59 Å². The molecule has 0 fully saturated rings. The molecule has 2 rings (SSSR count). The Morgan fingerprint density at radius 2 is 2.04 bits per heavy atom. The molecule has 8 heteroatoms. The predicted octanol–water partition coefficient (Wildman–Crippen LogP) is 4.58. The number of hydrogen-bond acceptors (Lipinski definition) is 4. The molecular formula is C17H19Cl2N3O2S. The first-order chi connectivity index (χ1) is 11.9. The van der Waals surface area contributed by atoms with E-state index in [2.05, 4.69) is 24.1 Å². The summed E-state index contributed by atoms with van der Waals surface area (Å²) in [7, 11) is 0. The number of rotatable bonds is 7. The van der Waals surface area contributed by atoms with Crippen LogP contribution in [-0.2, 0) is 4.79 Å². The summed E-state index contributed by atoms with van der Waals surface area (Å²) in [5.41, 5.74) is 0.403. The Hall–Kier alpha value is -1.63. The third-order valence-corrected chi connectivity index (χ3v) is 4.87. The van der Waals surface area contributed by atoms with Crippen LogP contribution in [0.3, 0.4) is 0 Å². The van der Waals surface area contributed by atoms with Crippen molar-refractivity contribution in [3.05, 3.63) is 45.4 Å². The van der Waals surface area contributed by atoms with Gasteiger partial charge in [-0.2, -0.15) is 0 Å². The number of thiazole rings is 1. The quantitative estimate of drug-likeness (QED) is 0.740. The summed E-state index contributed by atoms with van der Waals surface area (Å²) in [4.78, 5) is 30.6. The lowest BCUT2D eigenvalue weighted by atomic mass is 10.1. The van der Waals surface area contributed by atoms with Gasteiger partial charge in [0.1, 0.15) is 6.54 Å². The lowest BCUT2D eigenvalue weighted by Gasteiger charge is -2.23. The van der Waals surface area contributed by atoms with Gasteiger partial charge in [-0.15, -0.1) is 11.3 Å². The summed E-state index contributed by atoms with van der Waals surface area (Å²) in [5, 5.41) is 5.67. The Morgan fingerprint density at radius 1 is 1.28 bits per heavy atom. The molecule has 0 atom stereocenters. The Kier molecular flexibility index (Phi) is 7.23. The van der Waals surface area contributed by atoms with Crippen LogP contribution in [0.2, 0.25) is 10.0 Å². The molecule has 0 bridgehead atoms. The molecule has 1 heterocycles. The van der Waals surface area contributed by atoms with Crippen LogP contribution in [0.15, 0.2) is 29.8 Å². The Morgan fingerprint density at radius 3 is 2.64 bits per heavy atom. The molecule has 0 unspecified atom stereocenters. The molecule has 2 aromatic rings. The van der Waals surface area contributed by atoms with Gasteiger partial charge in [-0.3, -0.25) is 9.59 Å². The number of nitrogens with zero attached hydrogens (tertiary/aromatic N) is 2. The maximum Gasteiger partial charge on any atom is 0.254 e. The van der Waals surface area contributed by atoms with Gasteiger partial charge < -0.3 is 10.2 Å². The maximum atomic E-state index is 12.8. The van der Waals surface area contributed by atoms with Crippen LogP contribution in [-0.4, -0.2) is 34.8 Å². The van der Waals surface area contributed by atoms with E-state index < -0.39 is 0 Å². The van der Waals surface area contributed by atoms with Crippen molar-refractivity contribution in [3.63, 3.8) is 0 Å². The zero-order valence-electron chi connectivity index (χ0n) is 14.0. The van der Waals surface area contributed by atoms with Crippen LogP contribution < -0.4 is 5.32 Å². The van der Waals surface area contributed by atoms with Gasteiger partial charge in [0.05, 0.1) is 10.0 Å². The summed E-state index contributed by atoms with van der Waals surface area (Å²) < 4.78 is 0. The molecule has 1 N–H and O–H groups in total. The Balaban J connectivity index is 2.11. The highest BCUT2D eigenvalue weighted by Crippen LogP contribution is 2.23. The predicted molar refractivity (Wildman–Crippen MR) is 103 cm³/mol. The molecule has 0 saturated carbocycles. The minimum absolute atomic E-state index is 0.0502. The third kappa shape index (κ3) is 5.99. The van der Waals surface area contributed by atoms with Crippen molar-refractivity contribution in [2.24, 2.45) is 5.92 Å². The van der Waals surface area contributed by atoms with Gasteiger partial charge in [-0.1, -0.05) is 37.0 Å². The number of aromatic nitrogens is 1. The van der Waals surface area contributed by atoms with Gasteiger partial charge in [-0.05, 0) is 30.5 Å². The molecule has 5 nitrogen and oxygen atoms in total. The van der Waals surface area contributed by atoms with E-state index in [4.69, 9.17) is 23.2 Å². The van der Waals surface area contributed by atoms with Crippen molar-refractivity contribution >= 4 is 51.5 Å². The minimum atomic E-state index is -0.285. The molecule has 2 amide bonds. The second kappa shape index (κ2) is 9.17. The molecule has 1 aromatic carbocycles. The van der Waals surface area contributed by atoms with Gasteiger partial charge >= 0.3 is 0 Å². The van der Waals surface area contributed by atoms with Crippen molar-refractivity contribution in [1.82, 2.24) is 9.88 Å². The summed E-state index contributed by atoms with van der Waals surface area (Å²) in [5.74, 6) is -0.133. The van der Waals surface area contributed by atoms with E-state index in [9.17, 15) is 9.59 Å². The van der Waals surface area contributed by atoms with E-state index >= 15 is 0 Å². The first-order valence-electron chi connectivity index (χ1n) is 7.80. The fourth-order valence-electron chi connectivity index (χ4n) is 2.10. The smallest absolute Gasteiger partial charge is 0.254 e. The minimum Gasteiger partial charge on any atom is -0.329 e. The van der Waals surface area contributed by atoms with Gasteiger partial charge in [0.15, 0.2) is 5.13 Å². The van der Waals surface area contributed by atoms with Crippen LogP contribution in [0.25, 0.3) is 0 Å². The Bertz CT molecular complexity index is 735. The fraction of sp³-hybridized carbons (Fsp3) is 0.353. The van der Waals surface area contributed by atoms with Crippen LogP contribution in [0, 0.1) is 5.92 Å². The second-order valence-electron chi connectivity index (χ2n) is 5.92. The number of nitrogens with one attached hydrogen (secondary N) is 1. The van der Waals surface area contributed by atoms with Crippen LogP contribution in [0.4, 0.5) is 5.13 Å². The lowest BCUT2D eigenvalue weighted by molar-refractivity contribution is -0.116. The van der Waals surface area contributed by atoms with E-state index in [1.165, 1.54) is 22.3 Å². The van der Waals surface area contributed by atoms with Crippen molar-refractivity contribution in [2.75, 3.05) is 18.4 Å². The number of benzene rings is 1. The SMILES string of the molecule is CC(C)CCN(CC(=O)Nc1nccs1)C(=O)c1ccc(Cl)c(Cl)c1. The first-order valence-corrected chi connectivity index (χ1v) is 9.44. The van der Waals surface area contributed by atoms with E-state index in [1.807, 2.05) is 0 Å². The number of carbonyl (C=O) groups excluding carboxylic acids is 2. The zero-order valence-corrected chi connectivity index (χ0v) is 16.3. The number of halogens is 2. The molecule has 0 saturated heterocycles.